The third-order valence-electron chi connectivity index (χ3n) is 1.59. The van der Waals surface area contributed by atoms with E-state index in [9.17, 15) is 4.79 Å². The van der Waals surface area contributed by atoms with Crippen LogP contribution in [0.25, 0.3) is 0 Å². The predicted molar refractivity (Wildman–Crippen MR) is 41.8 cm³/mol. The van der Waals surface area contributed by atoms with E-state index in [-0.39, 0.29) is 5.78 Å². The van der Waals surface area contributed by atoms with Gasteiger partial charge in [-0.15, -0.1) is 0 Å². The van der Waals surface area contributed by atoms with Gasteiger partial charge in [-0.3, -0.25) is 4.79 Å². The number of carbonyl (C=O) groups is 1. The van der Waals surface area contributed by atoms with Crippen LogP contribution in [0.15, 0.2) is 0 Å². The molecule has 3 heteroatoms. The molecule has 0 fully saturated rings. The highest BCUT2D eigenvalue weighted by Crippen LogP contribution is 2.01. The highest BCUT2D eigenvalue weighted by molar-refractivity contribution is 5.85. The van der Waals surface area contributed by atoms with Gasteiger partial charge in [0.25, 0.3) is 0 Å². The molecule has 0 aromatic heterocycles. The van der Waals surface area contributed by atoms with Crippen molar-refractivity contribution in [1.82, 2.24) is 5.32 Å². The second kappa shape index (κ2) is 3.68. The van der Waals surface area contributed by atoms with Crippen molar-refractivity contribution in [1.29, 1.82) is 0 Å². The SMILES string of the molecule is CC(=O)C(C)(C)NCCN. The normalized spacial score (nSPS) is 11.6. The van der Waals surface area contributed by atoms with Crippen molar-refractivity contribution in [2.24, 2.45) is 5.73 Å². The zero-order chi connectivity index (χ0) is 8.20. The monoisotopic (exact) mass is 144 g/mol. The molecule has 0 aliphatic carbocycles. The molecule has 0 saturated heterocycles. The van der Waals surface area contributed by atoms with Crippen LogP contribution in [0.5, 0.6) is 0 Å². The van der Waals surface area contributed by atoms with Gasteiger partial charge in [-0.2, -0.15) is 0 Å². The van der Waals surface area contributed by atoms with E-state index < -0.39 is 5.54 Å². The van der Waals surface area contributed by atoms with E-state index in [1.807, 2.05) is 13.8 Å². The van der Waals surface area contributed by atoms with E-state index in [0.717, 1.165) is 0 Å². The fourth-order valence-electron chi connectivity index (χ4n) is 0.509. The topological polar surface area (TPSA) is 55.1 Å². The Bertz CT molecular complexity index is 121. The average Bonchev–Trinajstić information content (AvgIpc) is 1.84. The van der Waals surface area contributed by atoms with Gasteiger partial charge in [0.05, 0.1) is 5.54 Å². The molecule has 10 heavy (non-hydrogen) atoms. The van der Waals surface area contributed by atoms with Crippen LogP contribution < -0.4 is 11.1 Å². The van der Waals surface area contributed by atoms with E-state index in [1.54, 1.807) is 6.92 Å². The number of nitrogens with one attached hydrogen (secondary N) is 1. The van der Waals surface area contributed by atoms with Crippen LogP contribution in [0.2, 0.25) is 0 Å². The quantitative estimate of drug-likeness (QED) is 0.579. The van der Waals surface area contributed by atoms with Crippen LogP contribution in [0.3, 0.4) is 0 Å². The molecule has 0 saturated carbocycles. The highest BCUT2D eigenvalue weighted by Gasteiger charge is 2.21. The molecule has 3 N–H and O–H groups in total. The lowest BCUT2D eigenvalue weighted by molar-refractivity contribution is -0.122. The van der Waals surface area contributed by atoms with Gasteiger partial charge >= 0.3 is 0 Å². The summed E-state index contributed by atoms with van der Waals surface area (Å²) in [5, 5.41) is 3.03. The molecule has 0 spiro atoms. The van der Waals surface area contributed by atoms with Crippen molar-refractivity contribution in [3.05, 3.63) is 0 Å². The Morgan fingerprint density at radius 1 is 1.60 bits per heavy atom. The van der Waals surface area contributed by atoms with Crippen LogP contribution in [0.1, 0.15) is 20.8 Å². The van der Waals surface area contributed by atoms with Crippen molar-refractivity contribution >= 4 is 5.78 Å². The number of Topliss-reactive ketones (excluding diaryl/α,β-unsaturated/α-hetero) is 1. The molecule has 3 nitrogen and oxygen atoms in total. The van der Waals surface area contributed by atoms with E-state index in [0.29, 0.717) is 13.1 Å². The Hall–Kier alpha value is -0.410. The number of rotatable bonds is 4. The minimum absolute atomic E-state index is 0.140. The van der Waals surface area contributed by atoms with E-state index in [2.05, 4.69) is 5.32 Å². The van der Waals surface area contributed by atoms with Gasteiger partial charge in [-0.1, -0.05) is 0 Å². The zero-order valence-corrected chi connectivity index (χ0v) is 6.90. The molecule has 0 unspecified atom stereocenters. The van der Waals surface area contributed by atoms with Crippen molar-refractivity contribution in [2.45, 2.75) is 26.3 Å². The molecular weight excluding hydrogens is 128 g/mol. The second-order valence-corrected chi connectivity index (χ2v) is 2.90. The summed E-state index contributed by atoms with van der Waals surface area (Å²) in [4.78, 5) is 10.9. The maximum Gasteiger partial charge on any atom is 0.149 e. The van der Waals surface area contributed by atoms with Gasteiger partial charge in [-0.25, -0.2) is 0 Å². The van der Waals surface area contributed by atoms with Crippen molar-refractivity contribution in [3.8, 4) is 0 Å². The van der Waals surface area contributed by atoms with Crippen LogP contribution in [-0.4, -0.2) is 24.4 Å². The maximum atomic E-state index is 10.9. The Balaban J connectivity index is 3.75. The Morgan fingerprint density at radius 2 is 2.10 bits per heavy atom. The Kier molecular flexibility index (Phi) is 3.53. The number of hydrogen-bond donors (Lipinski definition) is 2. The summed E-state index contributed by atoms with van der Waals surface area (Å²) in [6, 6.07) is 0. The molecule has 0 bridgehead atoms. The zero-order valence-electron chi connectivity index (χ0n) is 6.90. The first-order valence-electron chi connectivity index (χ1n) is 3.47. The number of carbonyl (C=O) groups excluding carboxylic acids is 1. The first-order valence-corrected chi connectivity index (χ1v) is 3.47. The van der Waals surface area contributed by atoms with Crippen LogP contribution >= 0.6 is 0 Å². The van der Waals surface area contributed by atoms with Crippen LogP contribution in [-0.2, 0) is 4.79 Å². The predicted octanol–water partition coefficient (Wildman–Crippen LogP) is -0.0977. The molecule has 0 aromatic carbocycles. The fraction of sp³-hybridized carbons (Fsp3) is 0.857. The van der Waals surface area contributed by atoms with Gasteiger partial charge in [0.2, 0.25) is 0 Å². The summed E-state index contributed by atoms with van der Waals surface area (Å²) < 4.78 is 0. The van der Waals surface area contributed by atoms with Crippen molar-refractivity contribution < 1.29 is 4.79 Å². The number of nitrogens with two attached hydrogens (primary N) is 1. The standard InChI is InChI=1S/C7H16N2O/c1-6(10)7(2,3)9-5-4-8/h9H,4-5,8H2,1-3H3. The van der Waals surface area contributed by atoms with E-state index >= 15 is 0 Å². The Labute approximate surface area is 62.0 Å². The largest absolute Gasteiger partial charge is 0.329 e. The number of ketones is 1. The second-order valence-electron chi connectivity index (χ2n) is 2.90. The third-order valence-corrected chi connectivity index (χ3v) is 1.59. The Morgan fingerprint density at radius 3 is 2.40 bits per heavy atom. The summed E-state index contributed by atoms with van der Waals surface area (Å²) in [5.74, 6) is 0.140. The lowest BCUT2D eigenvalue weighted by Crippen LogP contribution is -2.47. The average molecular weight is 144 g/mol. The molecular formula is C7H16N2O. The molecule has 0 heterocycles. The van der Waals surface area contributed by atoms with E-state index in [1.165, 1.54) is 0 Å². The fourth-order valence-corrected chi connectivity index (χ4v) is 0.509. The van der Waals surface area contributed by atoms with Crippen LogP contribution in [0.4, 0.5) is 0 Å². The summed E-state index contributed by atoms with van der Waals surface area (Å²) in [6.07, 6.45) is 0. The molecule has 0 rings (SSSR count). The minimum Gasteiger partial charge on any atom is -0.329 e. The summed E-state index contributed by atoms with van der Waals surface area (Å²) in [7, 11) is 0. The number of hydrogen-bond acceptors (Lipinski definition) is 3. The highest BCUT2D eigenvalue weighted by atomic mass is 16.1. The maximum absolute atomic E-state index is 10.9. The third kappa shape index (κ3) is 2.94. The molecule has 60 valence electrons. The van der Waals surface area contributed by atoms with Crippen LogP contribution in [0, 0.1) is 0 Å². The minimum atomic E-state index is -0.417. The summed E-state index contributed by atoms with van der Waals surface area (Å²) in [6.45, 7) is 6.53. The summed E-state index contributed by atoms with van der Waals surface area (Å²) in [5.41, 5.74) is 4.84. The lowest BCUT2D eigenvalue weighted by Gasteiger charge is -2.22. The van der Waals surface area contributed by atoms with Gasteiger partial charge in [0.1, 0.15) is 5.78 Å². The first kappa shape index (κ1) is 9.59. The molecule has 0 atom stereocenters. The van der Waals surface area contributed by atoms with Crippen molar-refractivity contribution in [3.63, 3.8) is 0 Å². The molecule has 0 aromatic rings. The van der Waals surface area contributed by atoms with Gasteiger partial charge in [0.15, 0.2) is 0 Å². The molecule has 0 aliphatic heterocycles. The van der Waals surface area contributed by atoms with E-state index in [4.69, 9.17) is 5.73 Å². The van der Waals surface area contributed by atoms with Gasteiger partial charge in [-0.05, 0) is 20.8 Å². The first-order chi connectivity index (χ1) is 4.50. The molecule has 0 radical (unpaired) electrons. The lowest BCUT2D eigenvalue weighted by atomic mass is 10.0. The summed E-state index contributed by atoms with van der Waals surface area (Å²) >= 11 is 0. The smallest absolute Gasteiger partial charge is 0.149 e. The van der Waals surface area contributed by atoms with Gasteiger partial charge in [0, 0.05) is 13.1 Å². The van der Waals surface area contributed by atoms with Gasteiger partial charge < -0.3 is 11.1 Å². The molecule has 0 amide bonds. The molecule has 0 aliphatic rings. The van der Waals surface area contributed by atoms with Crippen molar-refractivity contribution in [2.75, 3.05) is 13.1 Å².